The third kappa shape index (κ3) is 3.51. The van der Waals surface area contributed by atoms with Gasteiger partial charge in [-0.3, -0.25) is 9.59 Å². The highest BCUT2D eigenvalue weighted by molar-refractivity contribution is 5.96. The van der Waals surface area contributed by atoms with Crippen molar-refractivity contribution < 1.29 is 5.11 Å². The molecule has 37 heavy (non-hydrogen) atoms. The van der Waals surface area contributed by atoms with Crippen molar-refractivity contribution in [1.29, 1.82) is 0 Å². The molecule has 2 aliphatic rings. The predicted molar refractivity (Wildman–Crippen MR) is 149 cm³/mol. The Hall–Kier alpha value is -4.77. The lowest BCUT2D eigenvalue weighted by atomic mass is 9.96. The molecule has 0 unspecified atom stereocenters. The Labute approximate surface area is 212 Å². The van der Waals surface area contributed by atoms with Crippen LogP contribution in [0.1, 0.15) is 22.3 Å². The normalized spacial score (nSPS) is 12.4. The van der Waals surface area contributed by atoms with Crippen molar-refractivity contribution in [1.82, 2.24) is 4.98 Å². The zero-order valence-corrected chi connectivity index (χ0v) is 20.7. The van der Waals surface area contributed by atoms with Gasteiger partial charge in [0.2, 0.25) is 0 Å². The molecule has 0 amide bonds. The van der Waals surface area contributed by atoms with Gasteiger partial charge < -0.3 is 10.4 Å². The van der Waals surface area contributed by atoms with E-state index in [9.17, 15) is 14.7 Å². The second kappa shape index (κ2) is 8.42. The molecule has 5 heteroatoms. The van der Waals surface area contributed by atoms with E-state index in [-0.39, 0.29) is 16.4 Å². The molecule has 4 aromatic carbocycles. The third-order valence-electron chi connectivity index (χ3n) is 7.01. The van der Waals surface area contributed by atoms with E-state index in [2.05, 4.69) is 29.4 Å². The highest BCUT2D eigenvalue weighted by Gasteiger charge is 2.18. The maximum Gasteiger partial charge on any atom is 0.281 e. The molecule has 0 radical (unpaired) electrons. The molecule has 0 spiro atoms. The van der Waals surface area contributed by atoms with Gasteiger partial charge in [0, 0.05) is 27.1 Å². The van der Waals surface area contributed by atoms with Gasteiger partial charge in [-0.05, 0) is 49.4 Å². The Morgan fingerprint density at radius 2 is 1.43 bits per heavy atom. The standard InChI is InChI=1S/C32H24N2O3/c1-17-15-18(2)29(19(3)16-17)33-24-14-13-23-26-25(21-11-7-8-12-22(21)31(36)27(24)26)28(32(37)34-23)30(35)20-9-5-4-6-10-20/h4-16,33,35H,1-3H3/b30-28+. The van der Waals surface area contributed by atoms with E-state index in [1.807, 2.05) is 38.1 Å². The highest BCUT2D eigenvalue weighted by atomic mass is 16.3. The van der Waals surface area contributed by atoms with Crippen molar-refractivity contribution in [2.24, 2.45) is 0 Å². The summed E-state index contributed by atoms with van der Waals surface area (Å²) in [6.07, 6.45) is 0. The fourth-order valence-corrected chi connectivity index (χ4v) is 5.45. The van der Waals surface area contributed by atoms with Gasteiger partial charge in [0.1, 0.15) is 5.76 Å². The molecule has 4 aromatic rings. The Morgan fingerprint density at radius 1 is 0.784 bits per heavy atom. The minimum absolute atomic E-state index is 0.0970. The molecular formula is C32H24N2O3. The maximum absolute atomic E-state index is 14.0. The Balaban J connectivity index is 1.85. The summed E-state index contributed by atoms with van der Waals surface area (Å²) in [5.74, 6) is -0.159. The summed E-state index contributed by atoms with van der Waals surface area (Å²) in [5.41, 5.74) is 5.11. The van der Waals surface area contributed by atoms with Crippen LogP contribution in [0.15, 0.2) is 88.5 Å². The van der Waals surface area contributed by atoms with Crippen LogP contribution in [0.4, 0.5) is 11.4 Å². The first-order chi connectivity index (χ1) is 17.8. The zero-order chi connectivity index (χ0) is 25.8. The molecule has 0 bridgehead atoms. The topological polar surface area (TPSA) is 79.3 Å². The lowest BCUT2D eigenvalue weighted by molar-refractivity contribution is 0.506. The van der Waals surface area contributed by atoms with E-state index < -0.39 is 5.56 Å². The van der Waals surface area contributed by atoms with Crippen LogP contribution in [-0.4, -0.2) is 10.1 Å². The van der Waals surface area contributed by atoms with Crippen LogP contribution in [-0.2, 0) is 0 Å². The number of aromatic nitrogens is 1. The number of aliphatic hydroxyl groups excluding tert-OH is 1. The number of hydrogen-bond donors (Lipinski definition) is 2. The minimum Gasteiger partial charge on any atom is -0.506 e. The average Bonchev–Trinajstić information content (AvgIpc) is 2.89. The lowest BCUT2D eigenvalue weighted by Crippen LogP contribution is -2.33. The molecule has 6 rings (SSSR count). The summed E-state index contributed by atoms with van der Waals surface area (Å²) in [7, 11) is 0. The number of anilines is 2. The van der Waals surface area contributed by atoms with Gasteiger partial charge in [-0.1, -0.05) is 72.3 Å². The molecule has 1 aliphatic carbocycles. The summed E-state index contributed by atoms with van der Waals surface area (Å²) in [6, 6.07) is 23.9. The average molecular weight is 485 g/mol. The van der Waals surface area contributed by atoms with Crippen LogP contribution in [0.5, 0.6) is 0 Å². The monoisotopic (exact) mass is 484 g/mol. The van der Waals surface area contributed by atoms with Crippen molar-refractivity contribution in [2.75, 3.05) is 5.32 Å². The quantitative estimate of drug-likeness (QED) is 0.353. The number of rotatable bonds is 3. The Bertz CT molecular complexity index is 2060. The number of hydrogen-bond acceptors (Lipinski definition) is 5. The van der Waals surface area contributed by atoms with Crippen LogP contribution >= 0.6 is 0 Å². The molecule has 0 saturated heterocycles. The molecule has 180 valence electrons. The third-order valence-corrected chi connectivity index (χ3v) is 7.01. The molecular weight excluding hydrogens is 460 g/mol. The summed E-state index contributed by atoms with van der Waals surface area (Å²) in [6.45, 7) is 6.13. The van der Waals surface area contributed by atoms with Crippen molar-refractivity contribution in [2.45, 2.75) is 20.8 Å². The van der Waals surface area contributed by atoms with Gasteiger partial charge >= 0.3 is 0 Å². The van der Waals surface area contributed by atoms with Crippen LogP contribution in [0, 0.1) is 31.2 Å². The maximum atomic E-state index is 14.0. The Kier molecular flexibility index (Phi) is 5.16. The van der Waals surface area contributed by atoms with Crippen molar-refractivity contribution in [3.8, 4) is 0 Å². The zero-order valence-electron chi connectivity index (χ0n) is 20.7. The van der Waals surface area contributed by atoms with E-state index in [0.717, 1.165) is 22.4 Å². The van der Waals surface area contributed by atoms with Gasteiger partial charge in [0.05, 0.1) is 21.8 Å². The highest BCUT2D eigenvalue weighted by Crippen LogP contribution is 2.30. The first-order valence-electron chi connectivity index (χ1n) is 12.1. The van der Waals surface area contributed by atoms with Crippen molar-refractivity contribution >= 4 is 38.8 Å². The molecule has 1 aliphatic heterocycles. The van der Waals surface area contributed by atoms with Crippen LogP contribution in [0.3, 0.4) is 0 Å². The smallest absolute Gasteiger partial charge is 0.281 e. The first-order valence-corrected chi connectivity index (χ1v) is 12.1. The largest absolute Gasteiger partial charge is 0.506 e. The van der Waals surface area contributed by atoms with Gasteiger partial charge in [-0.15, -0.1) is 0 Å². The number of nitrogens with one attached hydrogen (secondary N) is 1. The lowest BCUT2D eigenvalue weighted by Gasteiger charge is -2.16. The number of benzene rings is 4. The van der Waals surface area contributed by atoms with Crippen LogP contribution in [0.2, 0.25) is 0 Å². The van der Waals surface area contributed by atoms with Crippen molar-refractivity contribution in [3.63, 3.8) is 0 Å². The number of fused-ring (bicyclic) bond motifs is 2. The number of nitrogens with zero attached hydrogens (tertiary/aromatic N) is 1. The predicted octanol–water partition coefficient (Wildman–Crippen LogP) is 5.37. The summed E-state index contributed by atoms with van der Waals surface area (Å²) >= 11 is 0. The number of aryl methyl sites for hydroxylation is 3. The van der Waals surface area contributed by atoms with Gasteiger partial charge in [-0.2, -0.15) is 0 Å². The molecule has 0 saturated carbocycles. The summed E-state index contributed by atoms with van der Waals surface area (Å²) < 4.78 is 0. The molecule has 2 N–H and O–H groups in total. The van der Waals surface area contributed by atoms with Gasteiger partial charge in [0.15, 0.2) is 5.43 Å². The second-order valence-corrected chi connectivity index (χ2v) is 9.54. The van der Waals surface area contributed by atoms with E-state index >= 15 is 0 Å². The minimum atomic E-state index is -0.537. The SMILES string of the molecule is Cc1cc(C)c(Nc2ccc3nc(=O)/c(=C(/O)c4ccccc4)c4c5ccccc5c(=O)c2c3=4)c(C)c1. The van der Waals surface area contributed by atoms with E-state index in [4.69, 9.17) is 0 Å². The Morgan fingerprint density at radius 3 is 2.14 bits per heavy atom. The second-order valence-electron chi connectivity index (χ2n) is 9.54. The molecule has 0 aromatic heterocycles. The number of aliphatic hydroxyl groups is 1. The van der Waals surface area contributed by atoms with E-state index in [0.29, 0.717) is 43.4 Å². The fraction of sp³-hybridized carbons (Fsp3) is 0.0938. The molecule has 0 atom stereocenters. The summed E-state index contributed by atoms with van der Waals surface area (Å²) in [4.78, 5) is 31.6. The van der Waals surface area contributed by atoms with Crippen molar-refractivity contribution in [3.05, 3.63) is 137 Å². The van der Waals surface area contributed by atoms with Crippen LogP contribution in [0.25, 0.3) is 27.4 Å². The van der Waals surface area contributed by atoms with Gasteiger partial charge in [0.25, 0.3) is 5.56 Å². The molecule has 5 nitrogen and oxygen atoms in total. The van der Waals surface area contributed by atoms with E-state index in [1.165, 1.54) is 0 Å². The van der Waals surface area contributed by atoms with Crippen LogP contribution < -0.4 is 21.5 Å². The molecule has 1 heterocycles. The first kappa shape index (κ1) is 22.7. The summed E-state index contributed by atoms with van der Waals surface area (Å²) in [5, 5.41) is 17.6. The molecule has 0 fully saturated rings. The fourth-order valence-electron chi connectivity index (χ4n) is 5.45. The van der Waals surface area contributed by atoms with Gasteiger partial charge in [-0.25, -0.2) is 4.98 Å². The van der Waals surface area contributed by atoms with E-state index in [1.54, 1.807) is 42.5 Å².